The first-order valence-electron chi connectivity index (χ1n) is 8.39. The number of carbonyl (C=O) groups excluding carboxylic acids is 1. The molecule has 0 fully saturated rings. The summed E-state index contributed by atoms with van der Waals surface area (Å²) < 4.78 is 13.8. The van der Waals surface area contributed by atoms with E-state index >= 15 is 0 Å². The van der Waals surface area contributed by atoms with E-state index in [4.69, 9.17) is 0 Å². The zero-order valence-corrected chi connectivity index (χ0v) is 15.2. The minimum Gasteiger partial charge on any atom is -0.323 e. The van der Waals surface area contributed by atoms with Crippen LogP contribution in [-0.2, 0) is 4.79 Å². The van der Waals surface area contributed by atoms with Crippen molar-refractivity contribution in [3.05, 3.63) is 64.0 Å². The lowest BCUT2D eigenvalue weighted by Gasteiger charge is -2.29. The molecule has 0 unspecified atom stereocenters. The van der Waals surface area contributed by atoms with Gasteiger partial charge in [0.2, 0.25) is 5.91 Å². The quantitative estimate of drug-likeness (QED) is 0.622. The molecule has 142 valence electrons. The van der Waals surface area contributed by atoms with Crippen molar-refractivity contribution in [2.24, 2.45) is 10.1 Å². The predicted octanol–water partition coefficient (Wildman–Crippen LogP) is 3.84. The number of amidine groups is 1. The molecular formula is C18H14FN5O3S. The molecule has 28 heavy (non-hydrogen) atoms. The molecule has 0 radical (unpaired) electrons. The number of non-ortho nitro benzene ring substituents is 1. The number of halogens is 1. The Morgan fingerprint density at radius 1 is 1.36 bits per heavy atom. The summed E-state index contributed by atoms with van der Waals surface area (Å²) in [6.45, 7) is 0. The van der Waals surface area contributed by atoms with Crippen LogP contribution in [-0.4, -0.2) is 33.0 Å². The van der Waals surface area contributed by atoms with Crippen molar-refractivity contribution in [3.63, 3.8) is 0 Å². The summed E-state index contributed by atoms with van der Waals surface area (Å²) in [4.78, 5) is 27.0. The van der Waals surface area contributed by atoms with Crippen LogP contribution in [0.1, 0.15) is 18.0 Å². The van der Waals surface area contributed by atoms with Crippen LogP contribution in [0.15, 0.2) is 52.6 Å². The van der Waals surface area contributed by atoms with E-state index in [1.165, 1.54) is 11.8 Å². The fourth-order valence-corrected chi connectivity index (χ4v) is 3.82. The molecule has 2 heterocycles. The van der Waals surface area contributed by atoms with Crippen LogP contribution < -0.4 is 5.32 Å². The first-order chi connectivity index (χ1) is 13.5. The van der Waals surface area contributed by atoms with E-state index in [1.54, 1.807) is 11.2 Å². The average molecular weight is 399 g/mol. The smallest absolute Gasteiger partial charge is 0.271 e. The Hall–Kier alpha value is -3.27. The third-order valence-corrected chi connectivity index (χ3v) is 5.25. The fourth-order valence-electron chi connectivity index (χ4n) is 3.02. The van der Waals surface area contributed by atoms with E-state index in [-0.39, 0.29) is 23.2 Å². The summed E-state index contributed by atoms with van der Waals surface area (Å²) in [7, 11) is 0. The topological polar surface area (TPSA) is 100 Å². The molecule has 2 aromatic rings. The maximum atomic E-state index is 13.8. The second kappa shape index (κ2) is 7.39. The highest BCUT2D eigenvalue weighted by Crippen LogP contribution is 2.40. The Kier molecular flexibility index (Phi) is 4.78. The van der Waals surface area contributed by atoms with E-state index in [9.17, 15) is 19.3 Å². The molecule has 4 rings (SSSR count). The molecule has 2 aromatic carbocycles. The first-order valence-corrected chi connectivity index (χ1v) is 9.37. The van der Waals surface area contributed by atoms with Crippen molar-refractivity contribution in [1.29, 1.82) is 0 Å². The number of nitro groups is 1. The maximum absolute atomic E-state index is 13.8. The number of amides is 1. The van der Waals surface area contributed by atoms with Gasteiger partial charge >= 0.3 is 0 Å². The molecule has 8 nitrogen and oxygen atoms in total. The van der Waals surface area contributed by atoms with Gasteiger partial charge < -0.3 is 5.32 Å². The van der Waals surface area contributed by atoms with Gasteiger partial charge in [0.05, 0.1) is 28.1 Å². The van der Waals surface area contributed by atoms with Crippen molar-refractivity contribution >= 4 is 46.1 Å². The maximum Gasteiger partial charge on any atom is 0.271 e. The molecule has 0 saturated carbocycles. The van der Waals surface area contributed by atoms with Gasteiger partial charge in [0.15, 0.2) is 5.17 Å². The van der Waals surface area contributed by atoms with Crippen LogP contribution in [0.3, 0.4) is 0 Å². The summed E-state index contributed by atoms with van der Waals surface area (Å²) in [6.07, 6.45) is 2.56. The van der Waals surface area contributed by atoms with E-state index in [1.807, 2.05) is 24.3 Å². The molecule has 2 aliphatic rings. The molecule has 0 saturated heterocycles. The first kappa shape index (κ1) is 18.1. The molecule has 10 heteroatoms. The second-order valence-electron chi connectivity index (χ2n) is 6.11. The lowest BCUT2D eigenvalue weighted by atomic mass is 10.0. The number of carbonyl (C=O) groups is 1. The Morgan fingerprint density at radius 3 is 3.00 bits per heavy atom. The summed E-state index contributed by atoms with van der Waals surface area (Å²) in [5, 5.41) is 19.9. The van der Waals surface area contributed by atoms with Gasteiger partial charge in [0, 0.05) is 30.3 Å². The Balaban J connectivity index is 1.47. The van der Waals surface area contributed by atoms with Crippen molar-refractivity contribution in [3.8, 4) is 0 Å². The summed E-state index contributed by atoms with van der Waals surface area (Å²) >= 11 is 1.17. The van der Waals surface area contributed by atoms with Gasteiger partial charge in [-0.3, -0.25) is 14.9 Å². The molecule has 1 amide bonds. The number of para-hydroxylation sites is 1. The van der Waals surface area contributed by atoms with Crippen molar-refractivity contribution in [1.82, 2.24) is 5.01 Å². The lowest BCUT2D eigenvalue weighted by Crippen LogP contribution is -2.29. The van der Waals surface area contributed by atoms with Crippen LogP contribution in [0.5, 0.6) is 0 Å². The van der Waals surface area contributed by atoms with Crippen molar-refractivity contribution in [2.45, 2.75) is 12.5 Å². The number of hydrogen-bond acceptors (Lipinski definition) is 7. The summed E-state index contributed by atoms with van der Waals surface area (Å²) in [5.74, 6) is -1.27. The third-order valence-electron chi connectivity index (χ3n) is 4.30. The van der Waals surface area contributed by atoms with Gasteiger partial charge in [-0.2, -0.15) is 5.10 Å². The number of nitrogens with zero attached hydrogens (tertiary/aromatic N) is 4. The number of rotatable bonds is 4. The molecule has 1 N–H and O–H groups in total. The number of benzene rings is 2. The predicted molar refractivity (Wildman–Crippen MR) is 105 cm³/mol. The van der Waals surface area contributed by atoms with E-state index in [0.29, 0.717) is 5.17 Å². The molecule has 2 aliphatic heterocycles. The molecular weight excluding hydrogens is 385 g/mol. The molecule has 0 spiro atoms. The Labute approximate surface area is 163 Å². The van der Waals surface area contributed by atoms with Crippen LogP contribution in [0.25, 0.3) is 0 Å². The van der Waals surface area contributed by atoms with Crippen LogP contribution in [0.4, 0.5) is 21.5 Å². The van der Waals surface area contributed by atoms with Gasteiger partial charge in [-0.25, -0.2) is 14.4 Å². The number of fused-ring (bicyclic) bond motifs is 3. The van der Waals surface area contributed by atoms with E-state index in [2.05, 4.69) is 15.4 Å². The number of nitro benzene ring substituents is 1. The van der Waals surface area contributed by atoms with Crippen molar-refractivity contribution < 1.29 is 14.1 Å². The van der Waals surface area contributed by atoms with Gasteiger partial charge in [-0.15, -0.1) is 0 Å². The highest BCUT2D eigenvalue weighted by atomic mass is 32.2. The number of hydrogen-bond donors (Lipinski definition) is 1. The zero-order chi connectivity index (χ0) is 19.7. The van der Waals surface area contributed by atoms with Gasteiger partial charge in [-0.1, -0.05) is 30.0 Å². The number of thioether (sulfide) groups is 1. The number of anilines is 1. The molecule has 1 atom stereocenters. The SMILES string of the molecule is O=C(CSC1=Nc2ccccc2[C@H]2CC=NN12)Nc1cc([N+](=O)[O-])ccc1F. The zero-order valence-electron chi connectivity index (χ0n) is 14.4. The monoisotopic (exact) mass is 399 g/mol. The molecule has 0 bridgehead atoms. The largest absolute Gasteiger partial charge is 0.323 e. The second-order valence-corrected chi connectivity index (χ2v) is 7.05. The number of nitrogens with one attached hydrogen (secondary N) is 1. The van der Waals surface area contributed by atoms with Gasteiger partial charge in [0.25, 0.3) is 5.69 Å². The normalized spacial score (nSPS) is 17.0. The summed E-state index contributed by atoms with van der Waals surface area (Å²) in [5.41, 5.74) is 1.38. The van der Waals surface area contributed by atoms with Gasteiger partial charge in [0.1, 0.15) is 5.82 Å². The fraction of sp³-hybridized carbons (Fsp3) is 0.167. The van der Waals surface area contributed by atoms with Crippen LogP contribution in [0.2, 0.25) is 0 Å². The van der Waals surface area contributed by atoms with Crippen LogP contribution in [0, 0.1) is 15.9 Å². The average Bonchev–Trinajstić information content (AvgIpc) is 3.18. The minimum absolute atomic E-state index is 0.0398. The Bertz CT molecular complexity index is 1030. The molecule has 0 aliphatic carbocycles. The highest BCUT2D eigenvalue weighted by Gasteiger charge is 2.32. The minimum atomic E-state index is -0.739. The summed E-state index contributed by atoms with van der Waals surface area (Å²) in [6, 6.07) is 10.8. The van der Waals surface area contributed by atoms with Crippen LogP contribution >= 0.6 is 11.8 Å². The lowest BCUT2D eigenvalue weighted by molar-refractivity contribution is -0.384. The number of hydrazone groups is 1. The Morgan fingerprint density at radius 2 is 2.18 bits per heavy atom. The van der Waals surface area contributed by atoms with E-state index < -0.39 is 16.6 Å². The highest BCUT2D eigenvalue weighted by molar-refractivity contribution is 8.14. The molecule has 0 aromatic heterocycles. The number of aliphatic imine (C=N–C) groups is 1. The van der Waals surface area contributed by atoms with Gasteiger partial charge in [-0.05, 0) is 12.1 Å². The standard InChI is InChI=1S/C18H14FN5O3S/c19-13-6-5-11(24(26)27)9-15(13)21-17(25)10-28-18-22-14-4-2-1-3-12(14)16-7-8-20-23(16)18/h1-6,8-9,16H,7,10H2,(H,21,25)/t16-/m1/s1. The van der Waals surface area contributed by atoms with Crippen molar-refractivity contribution in [2.75, 3.05) is 11.1 Å². The van der Waals surface area contributed by atoms with E-state index in [0.717, 1.165) is 35.9 Å². The third kappa shape index (κ3) is 3.46.